The van der Waals surface area contributed by atoms with Crippen molar-refractivity contribution in [3.63, 3.8) is 0 Å². The molecule has 1 N–H and O–H groups in total. The molecule has 0 spiro atoms. The zero-order chi connectivity index (χ0) is 11.8. The van der Waals surface area contributed by atoms with Crippen LogP contribution in [0.25, 0.3) is 0 Å². The van der Waals surface area contributed by atoms with Crippen LogP contribution in [0.4, 0.5) is 11.4 Å². The Kier molecular flexibility index (Phi) is 3.25. The van der Waals surface area contributed by atoms with Gasteiger partial charge in [-0.05, 0) is 18.2 Å². The summed E-state index contributed by atoms with van der Waals surface area (Å²) < 4.78 is 0. The number of hydrogen-bond acceptors (Lipinski definition) is 4. The lowest BCUT2D eigenvalue weighted by molar-refractivity contribution is -0.114. The van der Waals surface area contributed by atoms with Gasteiger partial charge in [0.15, 0.2) is 0 Å². The first-order valence-electron chi connectivity index (χ1n) is 5.13. The molecule has 0 atom stereocenters. The second kappa shape index (κ2) is 4.70. The van der Waals surface area contributed by atoms with Crippen LogP contribution in [0.15, 0.2) is 34.9 Å². The van der Waals surface area contributed by atoms with Crippen LogP contribution >= 0.6 is 11.3 Å². The number of thiazole rings is 1. The lowest BCUT2D eigenvalue weighted by Gasteiger charge is -2.18. The molecule has 1 aromatic heterocycles. The first kappa shape index (κ1) is 12.4. The zero-order valence-electron chi connectivity index (χ0n) is 9.10. The highest BCUT2D eigenvalue weighted by molar-refractivity contribution is 7.12. The zero-order valence-corrected chi connectivity index (χ0v) is 9.91. The number of rotatable bonds is 2. The van der Waals surface area contributed by atoms with E-state index in [0.717, 1.165) is 27.5 Å². The molecule has 0 aliphatic carbocycles. The summed E-state index contributed by atoms with van der Waals surface area (Å²) in [6.07, 6.45) is 1.80. The number of anilines is 1. The Morgan fingerprint density at radius 1 is 1.39 bits per heavy atom. The molecule has 3 rings (SSSR count). The normalized spacial score (nSPS) is 11.7. The highest BCUT2D eigenvalue weighted by atomic mass is 32.1. The molecule has 92 valence electrons. The van der Waals surface area contributed by atoms with E-state index in [4.69, 9.17) is 0 Å². The van der Waals surface area contributed by atoms with Crippen molar-refractivity contribution >= 4 is 34.3 Å². The Bertz CT molecular complexity index is 617. The molecule has 2 aromatic rings. The van der Waals surface area contributed by atoms with Gasteiger partial charge in [-0.25, -0.2) is 4.99 Å². The van der Waals surface area contributed by atoms with Gasteiger partial charge in [-0.15, -0.1) is 11.3 Å². The first-order valence-corrected chi connectivity index (χ1v) is 6.01. The van der Waals surface area contributed by atoms with E-state index in [1.54, 1.807) is 23.0 Å². The Hall–Kier alpha value is -2.01. The van der Waals surface area contributed by atoms with Crippen molar-refractivity contribution in [1.82, 2.24) is 4.98 Å². The van der Waals surface area contributed by atoms with E-state index in [9.17, 15) is 4.79 Å². The van der Waals surface area contributed by atoms with Gasteiger partial charge in [-0.3, -0.25) is 9.78 Å². The molecular weight excluding hydrogens is 246 g/mol. The summed E-state index contributed by atoms with van der Waals surface area (Å²) in [5.41, 5.74) is 5.57. The number of nitrogens with zero attached hydrogens (tertiary/aromatic N) is 2. The van der Waals surface area contributed by atoms with Crippen molar-refractivity contribution < 1.29 is 4.79 Å². The van der Waals surface area contributed by atoms with Crippen LogP contribution < -0.4 is 5.32 Å². The average Bonchev–Trinajstić information content (AvgIpc) is 2.75. The molecule has 0 fully saturated rings. The fraction of sp³-hybridized carbons (Fsp3) is 0.154. The molecule has 0 unspecified atom stereocenters. The third-order valence-electron chi connectivity index (χ3n) is 2.47. The van der Waals surface area contributed by atoms with Crippen LogP contribution in [-0.2, 0) is 4.79 Å². The fourth-order valence-corrected chi connectivity index (χ4v) is 2.38. The molecule has 4 nitrogen and oxygen atoms in total. The number of carbonyl (C=O) groups is 1. The highest BCUT2D eigenvalue weighted by Crippen LogP contribution is 2.35. The Balaban J connectivity index is 0.00000120. The lowest BCUT2D eigenvalue weighted by Crippen LogP contribution is -2.12. The van der Waals surface area contributed by atoms with Crippen LogP contribution in [0.3, 0.4) is 0 Å². The maximum atomic E-state index is 11.0. The lowest BCUT2D eigenvalue weighted by atomic mass is 10.0. The number of aromatic nitrogens is 1. The molecule has 0 radical (unpaired) electrons. The summed E-state index contributed by atoms with van der Waals surface area (Å²) in [7, 11) is 0. The minimum Gasteiger partial charge on any atom is -0.326 e. The molecule has 1 aromatic carbocycles. The molecule has 1 amide bonds. The van der Waals surface area contributed by atoms with Crippen molar-refractivity contribution in [1.29, 1.82) is 0 Å². The van der Waals surface area contributed by atoms with E-state index in [2.05, 4.69) is 15.3 Å². The molecule has 0 bridgehead atoms. The van der Waals surface area contributed by atoms with E-state index < -0.39 is 0 Å². The largest absolute Gasteiger partial charge is 0.326 e. The van der Waals surface area contributed by atoms with Gasteiger partial charge in [-0.1, -0.05) is 7.43 Å². The van der Waals surface area contributed by atoms with Gasteiger partial charge < -0.3 is 5.32 Å². The molecule has 5 heteroatoms. The predicted octanol–water partition coefficient (Wildman–Crippen LogP) is 3.22. The van der Waals surface area contributed by atoms with Crippen LogP contribution in [0.5, 0.6) is 0 Å². The molecule has 1 aliphatic rings. The predicted molar refractivity (Wildman–Crippen MR) is 74.9 cm³/mol. The molecule has 0 saturated heterocycles. The smallest absolute Gasteiger partial charge is 0.221 e. The molecule has 1 aliphatic heterocycles. The van der Waals surface area contributed by atoms with Crippen molar-refractivity contribution in [2.24, 2.45) is 4.99 Å². The second-order valence-corrected chi connectivity index (χ2v) is 4.63. The van der Waals surface area contributed by atoms with Gasteiger partial charge >= 0.3 is 0 Å². The highest BCUT2D eigenvalue weighted by Gasteiger charge is 2.21. The molecule has 18 heavy (non-hydrogen) atoms. The monoisotopic (exact) mass is 259 g/mol. The Morgan fingerprint density at radius 3 is 2.89 bits per heavy atom. The fourth-order valence-electron chi connectivity index (χ4n) is 1.75. The summed E-state index contributed by atoms with van der Waals surface area (Å²) in [6, 6.07) is 5.71. The quantitative estimate of drug-likeness (QED) is 0.768. The maximum Gasteiger partial charge on any atom is 0.221 e. The van der Waals surface area contributed by atoms with E-state index in [0.29, 0.717) is 0 Å². The SMILES string of the molecule is C.CC(=O)Nc1ccc2c(c1)C(c1cncs1)=N2. The standard InChI is InChI=1S/C12H9N3OS.CH4/c1-7(16)14-8-2-3-10-9(4-8)12(15-10)11-5-13-6-17-11;/h2-6H,1H3,(H,14,16);1H4. The topological polar surface area (TPSA) is 54.4 Å². The summed E-state index contributed by atoms with van der Waals surface area (Å²) >= 11 is 1.56. The van der Waals surface area contributed by atoms with E-state index in [1.165, 1.54) is 6.92 Å². The first-order chi connectivity index (χ1) is 8.24. The van der Waals surface area contributed by atoms with Crippen molar-refractivity contribution in [3.05, 3.63) is 40.3 Å². The van der Waals surface area contributed by atoms with Gasteiger partial charge in [-0.2, -0.15) is 0 Å². The van der Waals surface area contributed by atoms with Gasteiger partial charge in [0.2, 0.25) is 5.91 Å². The number of benzene rings is 1. The summed E-state index contributed by atoms with van der Waals surface area (Å²) in [6.45, 7) is 1.50. The van der Waals surface area contributed by atoms with Crippen LogP contribution in [-0.4, -0.2) is 16.6 Å². The van der Waals surface area contributed by atoms with Gasteiger partial charge in [0.1, 0.15) is 0 Å². The number of carbonyl (C=O) groups excluding carboxylic acids is 1. The molecule has 0 saturated carbocycles. The van der Waals surface area contributed by atoms with E-state index in [1.807, 2.05) is 18.2 Å². The number of aliphatic imine (C=N–C) groups is 1. The minimum atomic E-state index is -0.0689. The number of amides is 1. The summed E-state index contributed by atoms with van der Waals surface area (Å²) in [5.74, 6) is -0.0689. The number of fused-ring (bicyclic) bond motifs is 1. The third kappa shape index (κ3) is 2.04. The summed E-state index contributed by atoms with van der Waals surface area (Å²) in [5, 5.41) is 2.77. The van der Waals surface area contributed by atoms with E-state index in [-0.39, 0.29) is 13.3 Å². The summed E-state index contributed by atoms with van der Waals surface area (Å²) in [4.78, 5) is 20.5. The average molecular weight is 259 g/mol. The van der Waals surface area contributed by atoms with Gasteiger partial charge in [0.05, 0.1) is 21.8 Å². The minimum absolute atomic E-state index is 0. The second-order valence-electron chi connectivity index (χ2n) is 3.74. The third-order valence-corrected chi connectivity index (χ3v) is 3.25. The van der Waals surface area contributed by atoms with Gasteiger partial charge in [0.25, 0.3) is 0 Å². The molecular formula is C13H13N3OS. The Labute approximate surface area is 109 Å². The van der Waals surface area contributed by atoms with Crippen molar-refractivity contribution in [3.8, 4) is 0 Å². The molecule has 2 heterocycles. The van der Waals surface area contributed by atoms with Crippen molar-refractivity contribution in [2.75, 3.05) is 5.32 Å². The number of nitrogens with one attached hydrogen (secondary N) is 1. The maximum absolute atomic E-state index is 11.0. The number of hydrogen-bond donors (Lipinski definition) is 1. The van der Waals surface area contributed by atoms with Crippen LogP contribution in [0.1, 0.15) is 24.8 Å². The van der Waals surface area contributed by atoms with Crippen LogP contribution in [0.2, 0.25) is 0 Å². The van der Waals surface area contributed by atoms with Crippen LogP contribution in [0, 0.1) is 0 Å². The Morgan fingerprint density at radius 2 is 2.22 bits per heavy atom. The van der Waals surface area contributed by atoms with Gasteiger partial charge in [0, 0.05) is 24.4 Å². The van der Waals surface area contributed by atoms with Crippen molar-refractivity contribution in [2.45, 2.75) is 14.4 Å². The van der Waals surface area contributed by atoms with E-state index >= 15 is 0 Å².